The molecule has 1 aromatic rings. The van der Waals surface area contributed by atoms with Crippen LogP contribution in [0.2, 0.25) is 0 Å². The molecule has 0 aromatic heterocycles. The number of carbonyl (C=O) groups excluding carboxylic acids is 1. The van der Waals surface area contributed by atoms with Gasteiger partial charge in [-0.3, -0.25) is 4.79 Å². The van der Waals surface area contributed by atoms with Crippen LogP contribution < -0.4 is 5.32 Å². The second-order valence-electron chi connectivity index (χ2n) is 7.35. The summed E-state index contributed by atoms with van der Waals surface area (Å²) in [4.78, 5) is 26.6. The molecule has 3 aliphatic rings. The minimum absolute atomic E-state index is 0.0219. The van der Waals surface area contributed by atoms with E-state index in [-0.39, 0.29) is 18.0 Å². The fourth-order valence-corrected chi connectivity index (χ4v) is 4.81. The second-order valence-corrected chi connectivity index (χ2v) is 7.35. The minimum Gasteiger partial charge on any atom is -0.480 e. The van der Waals surface area contributed by atoms with E-state index in [1.165, 1.54) is 11.1 Å². The zero-order valence-corrected chi connectivity index (χ0v) is 13.8. The van der Waals surface area contributed by atoms with E-state index >= 15 is 0 Å². The Labute approximate surface area is 142 Å². The molecule has 0 spiro atoms. The first kappa shape index (κ1) is 15.6. The number of benzene rings is 1. The summed E-state index contributed by atoms with van der Waals surface area (Å²) in [5.74, 6) is -0.514. The van der Waals surface area contributed by atoms with Crippen LogP contribution in [0.5, 0.6) is 0 Å². The highest BCUT2D eigenvalue weighted by atomic mass is 16.4. The van der Waals surface area contributed by atoms with Crippen molar-refractivity contribution >= 4 is 11.9 Å². The number of nitrogens with one attached hydrogen (secondary N) is 1. The summed E-state index contributed by atoms with van der Waals surface area (Å²) < 4.78 is 0. The van der Waals surface area contributed by atoms with E-state index in [4.69, 9.17) is 0 Å². The number of nitrogens with zero attached hydrogens (tertiary/aromatic N) is 1. The third kappa shape index (κ3) is 2.61. The molecule has 5 heteroatoms. The number of hydrogen-bond acceptors (Lipinski definition) is 3. The lowest BCUT2D eigenvalue weighted by Crippen LogP contribution is -2.55. The number of amides is 1. The third-order valence-electron chi connectivity index (χ3n) is 6.01. The number of hydrogen-bond donors (Lipinski definition) is 2. The van der Waals surface area contributed by atoms with Crippen LogP contribution in [0.15, 0.2) is 24.3 Å². The molecule has 1 saturated heterocycles. The number of fused-ring (bicyclic) bond motifs is 2. The van der Waals surface area contributed by atoms with Crippen LogP contribution in [-0.4, -0.2) is 40.0 Å². The van der Waals surface area contributed by atoms with Crippen molar-refractivity contribution in [1.82, 2.24) is 10.2 Å². The van der Waals surface area contributed by atoms with Crippen LogP contribution in [-0.2, 0) is 22.6 Å². The molecule has 1 aromatic carbocycles. The molecule has 2 fully saturated rings. The molecule has 4 rings (SSSR count). The van der Waals surface area contributed by atoms with E-state index in [0.29, 0.717) is 25.3 Å². The summed E-state index contributed by atoms with van der Waals surface area (Å²) in [6, 6.07) is 7.32. The van der Waals surface area contributed by atoms with E-state index in [1.54, 1.807) is 4.90 Å². The molecule has 24 heavy (non-hydrogen) atoms. The van der Waals surface area contributed by atoms with Gasteiger partial charge in [0.05, 0.1) is 6.04 Å². The van der Waals surface area contributed by atoms with Crippen molar-refractivity contribution in [2.24, 2.45) is 5.92 Å². The summed E-state index contributed by atoms with van der Waals surface area (Å²) in [5, 5.41) is 12.9. The molecular formula is C19H24N2O3. The first-order chi connectivity index (χ1) is 11.6. The molecule has 4 atom stereocenters. The van der Waals surface area contributed by atoms with Crippen molar-refractivity contribution in [3.05, 3.63) is 35.4 Å². The lowest BCUT2D eigenvalue weighted by Gasteiger charge is -2.36. The Bertz CT molecular complexity index is 660. The fraction of sp³-hybridized carbons (Fsp3) is 0.579. The highest BCUT2D eigenvalue weighted by Gasteiger charge is 2.49. The Balaban J connectivity index is 1.57. The normalized spacial score (nSPS) is 32.1. The number of carboxylic acids is 1. The smallest absolute Gasteiger partial charge is 0.326 e. The average Bonchev–Trinajstić information content (AvgIpc) is 3.00. The van der Waals surface area contributed by atoms with Crippen molar-refractivity contribution in [2.75, 3.05) is 0 Å². The molecular weight excluding hydrogens is 304 g/mol. The molecule has 2 heterocycles. The predicted molar refractivity (Wildman–Crippen MR) is 89.4 cm³/mol. The Kier molecular flexibility index (Phi) is 4.04. The Morgan fingerprint density at radius 2 is 1.88 bits per heavy atom. The lowest BCUT2D eigenvalue weighted by atomic mass is 9.84. The molecule has 1 saturated carbocycles. The largest absolute Gasteiger partial charge is 0.480 e. The number of carboxylic acid groups (broad SMARTS) is 1. The van der Waals surface area contributed by atoms with Gasteiger partial charge in [0.2, 0.25) is 5.91 Å². The van der Waals surface area contributed by atoms with Gasteiger partial charge in [-0.05, 0) is 42.7 Å². The SMILES string of the molecule is O=C(O)[C@@H]1CC2CCCCC2N1C(=O)[C@@H]1Cc2ccccc2CN1. The van der Waals surface area contributed by atoms with Crippen molar-refractivity contribution in [3.8, 4) is 0 Å². The van der Waals surface area contributed by atoms with Gasteiger partial charge in [0, 0.05) is 12.6 Å². The first-order valence-corrected chi connectivity index (χ1v) is 9.00. The van der Waals surface area contributed by atoms with Gasteiger partial charge in [-0.15, -0.1) is 0 Å². The zero-order chi connectivity index (χ0) is 16.7. The highest BCUT2D eigenvalue weighted by molar-refractivity contribution is 5.88. The average molecular weight is 328 g/mol. The van der Waals surface area contributed by atoms with Crippen molar-refractivity contribution in [2.45, 2.75) is 63.2 Å². The predicted octanol–water partition coefficient (Wildman–Crippen LogP) is 1.95. The maximum atomic E-state index is 13.2. The summed E-state index contributed by atoms with van der Waals surface area (Å²) in [7, 11) is 0. The van der Waals surface area contributed by atoms with Gasteiger partial charge in [0.25, 0.3) is 0 Å². The minimum atomic E-state index is -0.853. The van der Waals surface area contributed by atoms with Gasteiger partial charge in [-0.25, -0.2) is 4.79 Å². The van der Waals surface area contributed by atoms with Crippen LogP contribution in [0.3, 0.4) is 0 Å². The highest BCUT2D eigenvalue weighted by Crippen LogP contribution is 2.40. The van der Waals surface area contributed by atoms with Crippen LogP contribution >= 0.6 is 0 Å². The van der Waals surface area contributed by atoms with Crippen molar-refractivity contribution < 1.29 is 14.7 Å². The Hall–Kier alpha value is -1.88. The molecule has 128 valence electrons. The number of carbonyl (C=O) groups is 2. The topological polar surface area (TPSA) is 69.6 Å². The molecule has 2 N–H and O–H groups in total. The van der Waals surface area contributed by atoms with Gasteiger partial charge < -0.3 is 15.3 Å². The summed E-state index contributed by atoms with van der Waals surface area (Å²) >= 11 is 0. The summed E-state index contributed by atoms with van der Waals surface area (Å²) in [6.07, 6.45) is 5.52. The second kappa shape index (κ2) is 6.20. The Morgan fingerprint density at radius 1 is 1.12 bits per heavy atom. The monoisotopic (exact) mass is 328 g/mol. The zero-order valence-electron chi connectivity index (χ0n) is 13.8. The number of likely N-dealkylation sites (tertiary alicyclic amines) is 1. The van der Waals surface area contributed by atoms with E-state index < -0.39 is 12.0 Å². The summed E-state index contributed by atoms with van der Waals surface area (Å²) in [6.45, 7) is 0.673. The van der Waals surface area contributed by atoms with Crippen molar-refractivity contribution in [1.29, 1.82) is 0 Å². The van der Waals surface area contributed by atoms with E-state index in [2.05, 4.69) is 17.4 Å². The van der Waals surface area contributed by atoms with Crippen LogP contribution in [0, 0.1) is 5.92 Å². The molecule has 5 nitrogen and oxygen atoms in total. The standard InChI is InChI=1S/C19H24N2O3/c22-18(15-9-12-5-1-2-7-14(12)11-20-15)21-16-8-4-3-6-13(16)10-17(21)19(23)24/h1-2,5,7,13,15-17,20H,3-4,6,8-11H2,(H,23,24)/t13?,15-,16?,17-/m0/s1. The molecule has 2 unspecified atom stereocenters. The third-order valence-corrected chi connectivity index (χ3v) is 6.01. The van der Waals surface area contributed by atoms with Gasteiger partial charge in [-0.1, -0.05) is 37.1 Å². The van der Waals surface area contributed by atoms with E-state index in [1.807, 2.05) is 12.1 Å². The van der Waals surface area contributed by atoms with Crippen molar-refractivity contribution in [3.63, 3.8) is 0 Å². The lowest BCUT2D eigenvalue weighted by molar-refractivity contribution is -0.151. The molecule has 0 radical (unpaired) electrons. The maximum absolute atomic E-state index is 13.2. The van der Waals surface area contributed by atoms with E-state index in [9.17, 15) is 14.7 Å². The fourth-order valence-electron chi connectivity index (χ4n) is 4.81. The van der Waals surface area contributed by atoms with Gasteiger partial charge in [0.1, 0.15) is 6.04 Å². The van der Waals surface area contributed by atoms with Crippen LogP contribution in [0.4, 0.5) is 0 Å². The molecule has 1 amide bonds. The van der Waals surface area contributed by atoms with Gasteiger partial charge >= 0.3 is 5.97 Å². The van der Waals surface area contributed by atoms with E-state index in [0.717, 1.165) is 25.7 Å². The van der Waals surface area contributed by atoms with Gasteiger partial charge in [-0.2, -0.15) is 0 Å². The van der Waals surface area contributed by atoms with Gasteiger partial charge in [0.15, 0.2) is 0 Å². The van der Waals surface area contributed by atoms with Crippen LogP contribution in [0.25, 0.3) is 0 Å². The quantitative estimate of drug-likeness (QED) is 0.870. The van der Waals surface area contributed by atoms with Crippen LogP contribution in [0.1, 0.15) is 43.2 Å². The molecule has 1 aliphatic carbocycles. The number of rotatable bonds is 2. The summed E-state index contributed by atoms with van der Waals surface area (Å²) in [5.41, 5.74) is 2.43. The Morgan fingerprint density at radius 3 is 2.67 bits per heavy atom. The number of aliphatic carboxylic acids is 1. The molecule has 2 aliphatic heterocycles. The first-order valence-electron chi connectivity index (χ1n) is 9.00. The molecule has 0 bridgehead atoms. The maximum Gasteiger partial charge on any atom is 0.326 e.